The molecule has 1 aromatic carbocycles. The van der Waals surface area contributed by atoms with E-state index in [1.165, 1.54) is 4.70 Å². The van der Waals surface area contributed by atoms with Crippen LogP contribution in [-0.4, -0.2) is 46.9 Å². The zero-order valence-electron chi connectivity index (χ0n) is 13.8. The normalized spacial score (nSPS) is 16.1. The van der Waals surface area contributed by atoms with Crippen LogP contribution in [0, 0.1) is 0 Å². The maximum absolute atomic E-state index is 12.3. The molecule has 25 heavy (non-hydrogen) atoms. The van der Waals surface area contributed by atoms with Gasteiger partial charge in [-0.15, -0.1) is 11.3 Å². The Hall–Kier alpha value is -2.02. The predicted octanol–water partition coefficient (Wildman–Crippen LogP) is 3.72. The third kappa shape index (κ3) is 3.98. The molecule has 4 nitrogen and oxygen atoms in total. The molecule has 1 aliphatic rings. The van der Waals surface area contributed by atoms with E-state index in [9.17, 15) is 4.79 Å². The first-order valence-electron chi connectivity index (χ1n) is 8.34. The number of nitrogens with zero attached hydrogens (tertiary/aromatic N) is 3. The third-order valence-corrected chi connectivity index (χ3v) is 6.07. The van der Waals surface area contributed by atoms with E-state index in [0.717, 1.165) is 48.8 Å². The number of para-hydroxylation sites is 1. The first kappa shape index (κ1) is 16.4. The maximum atomic E-state index is 12.3. The minimum atomic E-state index is 0.103. The summed E-state index contributed by atoms with van der Waals surface area (Å²) in [5, 5.41) is 5.21. The fourth-order valence-electron chi connectivity index (χ4n) is 2.95. The summed E-state index contributed by atoms with van der Waals surface area (Å²) in [5.74, 6) is 0.103. The first-order chi connectivity index (χ1) is 12.3. The van der Waals surface area contributed by atoms with Gasteiger partial charge in [0.15, 0.2) is 0 Å². The van der Waals surface area contributed by atoms with Crippen LogP contribution < -0.4 is 0 Å². The number of hydrogen-bond acceptors (Lipinski definition) is 5. The Bertz CT molecular complexity index is 844. The molecule has 1 fully saturated rings. The lowest BCUT2D eigenvalue weighted by Gasteiger charge is -2.33. The van der Waals surface area contributed by atoms with Gasteiger partial charge in [0.2, 0.25) is 5.91 Å². The molecule has 1 aliphatic heterocycles. The number of fused-ring (bicyclic) bond motifs is 1. The van der Waals surface area contributed by atoms with Crippen molar-refractivity contribution in [1.82, 2.24) is 14.8 Å². The van der Waals surface area contributed by atoms with Gasteiger partial charge >= 0.3 is 0 Å². The molecule has 0 bridgehead atoms. The van der Waals surface area contributed by atoms with Crippen LogP contribution in [0.5, 0.6) is 0 Å². The summed E-state index contributed by atoms with van der Waals surface area (Å²) in [5.41, 5.74) is 2.17. The number of thiazole rings is 1. The second-order valence-corrected chi connectivity index (χ2v) is 7.96. The molecule has 0 atom stereocenters. The number of amides is 1. The summed E-state index contributed by atoms with van der Waals surface area (Å²) >= 11 is 3.40. The highest BCUT2D eigenvalue weighted by atomic mass is 32.1. The highest BCUT2D eigenvalue weighted by Crippen LogP contribution is 2.23. The van der Waals surface area contributed by atoms with Crippen molar-refractivity contribution in [2.24, 2.45) is 0 Å². The second kappa shape index (κ2) is 7.47. The average molecular weight is 370 g/mol. The van der Waals surface area contributed by atoms with Gasteiger partial charge in [0, 0.05) is 32.3 Å². The van der Waals surface area contributed by atoms with E-state index in [1.807, 2.05) is 33.9 Å². The van der Waals surface area contributed by atoms with Crippen LogP contribution >= 0.6 is 22.7 Å². The van der Waals surface area contributed by atoms with Gasteiger partial charge in [0.1, 0.15) is 5.01 Å². The molecule has 0 aliphatic carbocycles. The van der Waals surface area contributed by atoms with E-state index in [-0.39, 0.29) is 5.91 Å². The van der Waals surface area contributed by atoms with Crippen molar-refractivity contribution >= 4 is 44.9 Å². The van der Waals surface area contributed by atoms with Crippen LogP contribution in [0.3, 0.4) is 0 Å². The van der Waals surface area contributed by atoms with Crippen molar-refractivity contribution in [3.8, 4) is 0 Å². The molecule has 2 aromatic heterocycles. The van der Waals surface area contributed by atoms with E-state index < -0.39 is 0 Å². The zero-order valence-corrected chi connectivity index (χ0v) is 15.4. The van der Waals surface area contributed by atoms with E-state index in [0.29, 0.717) is 0 Å². The number of carbonyl (C=O) groups excluding carboxylic acids is 1. The molecule has 6 heteroatoms. The SMILES string of the molecule is O=C(/C=C/c1ccsc1)N1CCN(Cc2nc3ccccc3s2)CC1. The summed E-state index contributed by atoms with van der Waals surface area (Å²) < 4.78 is 1.24. The number of rotatable bonds is 4. The molecule has 0 N–H and O–H groups in total. The maximum Gasteiger partial charge on any atom is 0.246 e. The third-order valence-electron chi connectivity index (χ3n) is 4.34. The van der Waals surface area contributed by atoms with Gasteiger partial charge in [-0.1, -0.05) is 12.1 Å². The van der Waals surface area contributed by atoms with Gasteiger partial charge < -0.3 is 4.90 Å². The number of carbonyl (C=O) groups is 1. The van der Waals surface area contributed by atoms with Gasteiger partial charge in [-0.05, 0) is 40.6 Å². The number of benzene rings is 1. The van der Waals surface area contributed by atoms with Crippen molar-refractivity contribution in [1.29, 1.82) is 0 Å². The fourth-order valence-corrected chi connectivity index (χ4v) is 4.59. The molecule has 0 unspecified atom stereocenters. The largest absolute Gasteiger partial charge is 0.337 e. The lowest BCUT2D eigenvalue weighted by molar-refractivity contribution is -0.127. The van der Waals surface area contributed by atoms with Crippen LogP contribution in [0.1, 0.15) is 10.6 Å². The lowest BCUT2D eigenvalue weighted by Crippen LogP contribution is -2.47. The molecule has 0 spiro atoms. The summed E-state index contributed by atoms with van der Waals surface area (Å²) in [7, 11) is 0. The number of aromatic nitrogens is 1. The van der Waals surface area contributed by atoms with Crippen molar-refractivity contribution in [2.75, 3.05) is 26.2 Å². The molecule has 128 valence electrons. The first-order valence-corrected chi connectivity index (χ1v) is 10.1. The minimum absolute atomic E-state index is 0.103. The van der Waals surface area contributed by atoms with Gasteiger partial charge in [-0.3, -0.25) is 9.69 Å². The Balaban J connectivity index is 1.31. The second-order valence-electron chi connectivity index (χ2n) is 6.07. The molecular formula is C19H19N3OS2. The Labute approximate surface area is 155 Å². The highest BCUT2D eigenvalue weighted by molar-refractivity contribution is 7.18. The van der Waals surface area contributed by atoms with Crippen LogP contribution in [-0.2, 0) is 11.3 Å². The molecule has 3 aromatic rings. The van der Waals surface area contributed by atoms with Crippen molar-refractivity contribution in [2.45, 2.75) is 6.54 Å². The summed E-state index contributed by atoms with van der Waals surface area (Å²) in [6.45, 7) is 4.21. The van der Waals surface area contributed by atoms with E-state index in [4.69, 9.17) is 4.98 Å². The Morgan fingerprint density at radius 2 is 2.00 bits per heavy atom. The predicted molar refractivity (Wildman–Crippen MR) is 105 cm³/mol. The average Bonchev–Trinajstić information content (AvgIpc) is 3.29. The standard InChI is InChI=1S/C19H19N3OS2/c23-19(6-5-15-7-12-24-14-15)22-10-8-21(9-11-22)13-18-20-16-3-1-2-4-17(16)25-18/h1-7,12,14H,8-11,13H2/b6-5+. The van der Waals surface area contributed by atoms with Crippen LogP contribution in [0.25, 0.3) is 16.3 Å². The van der Waals surface area contributed by atoms with Crippen LogP contribution in [0.2, 0.25) is 0 Å². The molecule has 4 rings (SSSR count). The number of thiophene rings is 1. The molecule has 1 saturated heterocycles. The van der Waals surface area contributed by atoms with Gasteiger partial charge in [-0.25, -0.2) is 4.98 Å². The molecule has 1 amide bonds. The molecular weight excluding hydrogens is 350 g/mol. The summed E-state index contributed by atoms with van der Waals surface area (Å²) in [4.78, 5) is 21.3. The zero-order chi connectivity index (χ0) is 17.1. The number of hydrogen-bond donors (Lipinski definition) is 0. The van der Waals surface area contributed by atoms with Crippen molar-refractivity contribution in [3.05, 3.63) is 57.7 Å². The number of piperazine rings is 1. The van der Waals surface area contributed by atoms with Gasteiger partial charge in [-0.2, -0.15) is 11.3 Å². The molecule has 3 heterocycles. The lowest BCUT2D eigenvalue weighted by atomic mass is 10.2. The minimum Gasteiger partial charge on any atom is -0.337 e. The van der Waals surface area contributed by atoms with E-state index >= 15 is 0 Å². The molecule has 0 radical (unpaired) electrons. The van der Waals surface area contributed by atoms with Gasteiger partial charge in [0.25, 0.3) is 0 Å². The Kier molecular flexibility index (Phi) is 4.92. The van der Waals surface area contributed by atoms with Crippen molar-refractivity contribution < 1.29 is 4.79 Å². The van der Waals surface area contributed by atoms with Crippen LogP contribution in [0.15, 0.2) is 47.2 Å². The van der Waals surface area contributed by atoms with Crippen molar-refractivity contribution in [3.63, 3.8) is 0 Å². The van der Waals surface area contributed by atoms with Gasteiger partial charge in [0.05, 0.1) is 16.8 Å². The van der Waals surface area contributed by atoms with Crippen LogP contribution in [0.4, 0.5) is 0 Å². The topological polar surface area (TPSA) is 36.4 Å². The monoisotopic (exact) mass is 369 g/mol. The summed E-state index contributed by atoms with van der Waals surface area (Å²) in [6.07, 6.45) is 3.58. The Morgan fingerprint density at radius 3 is 2.76 bits per heavy atom. The highest BCUT2D eigenvalue weighted by Gasteiger charge is 2.20. The quantitative estimate of drug-likeness (QED) is 0.658. The molecule has 0 saturated carbocycles. The Morgan fingerprint density at radius 1 is 1.16 bits per heavy atom. The fraction of sp³-hybridized carbons (Fsp3) is 0.263. The van der Waals surface area contributed by atoms with E-state index in [1.54, 1.807) is 28.7 Å². The van der Waals surface area contributed by atoms with E-state index in [2.05, 4.69) is 23.1 Å². The smallest absolute Gasteiger partial charge is 0.246 e. The summed E-state index contributed by atoms with van der Waals surface area (Å²) in [6, 6.07) is 10.3.